The summed E-state index contributed by atoms with van der Waals surface area (Å²) in [5.74, 6) is 1.80. The van der Waals surface area contributed by atoms with Crippen molar-refractivity contribution in [3.8, 4) is 0 Å². The maximum atomic E-state index is 5.13. The van der Waals surface area contributed by atoms with E-state index in [2.05, 4.69) is 57.0 Å². The molecule has 1 heterocycles. The highest BCUT2D eigenvalue weighted by molar-refractivity contribution is 5.93. The third kappa shape index (κ3) is 5.17. The number of hydrogen-bond donors (Lipinski definition) is 2. The molecule has 0 aliphatic heterocycles. The second kappa shape index (κ2) is 8.10. The molecule has 0 aliphatic carbocycles. The second-order valence-electron chi connectivity index (χ2n) is 5.73. The van der Waals surface area contributed by atoms with Crippen LogP contribution in [0.5, 0.6) is 0 Å². The minimum atomic E-state index is 0.410. The van der Waals surface area contributed by atoms with Crippen molar-refractivity contribution in [2.24, 2.45) is 4.99 Å². The summed E-state index contributed by atoms with van der Waals surface area (Å²) in [6, 6.07) is 18.2. The van der Waals surface area contributed by atoms with E-state index in [9.17, 15) is 0 Å². The molecule has 3 rings (SSSR count). The molecule has 1 aromatic heterocycles. The van der Waals surface area contributed by atoms with Gasteiger partial charge in [0, 0.05) is 5.69 Å². The van der Waals surface area contributed by atoms with Crippen molar-refractivity contribution in [3.05, 3.63) is 77.4 Å². The van der Waals surface area contributed by atoms with E-state index in [0.29, 0.717) is 30.8 Å². The van der Waals surface area contributed by atoms with E-state index >= 15 is 0 Å². The van der Waals surface area contributed by atoms with Crippen molar-refractivity contribution in [2.75, 3.05) is 5.32 Å². The Bertz CT molecular complexity index is 825. The number of aromatic nitrogens is 2. The molecule has 128 valence electrons. The predicted octanol–water partition coefficient (Wildman–Crippen LogP) is 3.44. The first kappa shape index (κ1) is 16.7. The first-order chi connectivity index (χ1) is 12.2. The van der Waals surface area contributed by atoms with E-state index in [1.807, 2.05) is 30.3 Å². The first-order valence-corrected chi connectivity index (χ1v) is 8.14. The van der Waals surface area contributed by atoms with Crippen LogP contribution in [-0.4, -0.2) is 16.1 Å². The number of aliphatic imine (C=N–C) groups is 1. The van der Waals surface area contributed by atoms with Crippen LogP contribution in [0.15, 0.2) is 64.1 Å². The zero-order chi connectivity index (χ0) is 17.5. The molecule has 6 nitrogen and oxygen atoms in total. The van der Waals surface area contributed by atoms with Crippen LogP contribution in [0, 0.1) is 13.8 Å². The molecule has 0 aliphatic rings. The SMILES string of the molecule is Cc1ccc(CN=C(NCc2nc(C)no2)Nc2ccccc2)cc1. The fourth-order valence-electron chi connectivity index (χ4n) is 2.23. The average Bonchev–Trinajstić information content (AvgIpc) is 3.05. The molecule has 6 heteroatoms. The standard InChI is InChI=1S/C19H21N5O/c1-14-8-10-16(11-9-14)12-20-19(23-17-6-4-3-5-7-17)21-13-18-22-15(2)24-25-18/h3-11H,12-13H2,1-2H3,(H2,20,21,23). The highest BCUT2D eigenvalue weighted by Crippen LogP contribution is 2.07. The predicted molar refractivity (Wildman–Crippen MR) is 98.3 cm³/mol. The summed E-state index contributed by atoms with van der Waals surface area (Å²) in [6.07, 6.45) is 0. The highest BCUT2D eigenvalue weighted by Gasteiger charge is 2.05. The Hall–Kier alpha value is -3.15. The average molecular weight is 335 g/mol. The Balaban J connectivity index is 1.70. The van der Waals surface area contributed by atoms with Gasteiger partial charge < -0.3 is 15.2 Å². The lowest BCUT2D eigenvalue weighted by Gasteiger charge is -2.11. The van der Waals surface area contributed by atoms with Crippen molar-refractivity contribution in [1.82, 2.24) is 15.5 Å². The monoisotopic (exact) mass is 335 g/mol. The zero-order valence-corrected chi connectivity index (χ0v) is 14.4. The lowest BCUT2D eigenvalue weighted by atomic mass is 10.1. The Kier molecular flexibility index (Phi) is 5.41. The summed E-state index contributed by atoms with van der Waals surface area (Å²) in [5, 5.41) is 10.3. The lowest BCUT2D eigenvalue weighted by molar-refractivity contribution is 0.372. The fraction of sp³-hybridized carbons (Fsp3) is 0.211. The number of para-hydroxylation sites is 1. The van der Waals surface area contributed by atoms with Crippen molar-refractivity contribution in [2.45, 2.75) is 26.9 Å². The minimum absolute atomic E-state index is 0.410. The second-order valence-corrected chi connectivity index (χ2v) is 5.73. The molecule has 0 atom stereocenters. The van der Waals surface area contributed by atoms with Gasteiger partial charge in [0.15, 0.2) is 11.8 Å². The number of hydrogen-bond acceptors (Lipinski definition) is 4. The van der Waals surface area contributed by atoms with Crippen LogP contribution in [0.1, 0.15) is 22.8 Å². The number of aryl methyl sites for hydroxylation is 2. The third-order valence-corrected chi connectivity index (χ3v) is 3.55. The van der Waals surface area contributed by atoms with Gasteiger partial charge in [-0.15, -0.1) is 0 Å². The molecular weight excluding hydrogens is 314 g/mol. The highest BCUT2D eigenvalue weighted by atomic mass is 16.5. The molecule has 0 spiro atoms. The van der Waals surface area contributed by atoms with E-state index in [1.54, 1.807) is 6.92 Å². The number of benzene rings is 2. The largest absolute Gasteiger partial charge is 0.347 e. The lowest BCUT2D eigenvalue weighted by Crippen LogP contribution is -2.30. The molecule has 0 fully saturated rings. The van der Waals surface area contributed by atoms with Gasteiger partial charge in [-0.2, -0.15) is 4.98 Å². The molecule has 3 aromatic rings. The van der Waals surface area contributed by atoms with Gasteiger partial charge in [0.05, 0.1) is 13.1 Å². The van der Waals surface area contributed by atoms with E-state index < -0.39 is 0 Å². The molecule has 0 saturated carbocycles. The van der Waals surface area contributed by atoms with Crippen LogP contribution >= 0.6 is 0 Å². The van der Waals surface area contributed by atoms with E-state index in [0.717, 1.165) is 11.3 Å². The molecule has 0 saturated heterocycles. The van der Waals surface area contributed by atoms with Gasteiger partial charge in [-0.05, 0) is 31.5 Å². The number of guanidine groups is 1. The van der Waals surface area contributed by atoms with Crippen molar-refractivity contribution < 1.29 is 4.52 Å². The van der Waals surface area contributed by atoms with Gasteiger partial charge in [0.2, 0.25) is 5.89 Å². The first-order valence-electron chi connectivity index (χ1n) is 8.14. The van der Waals surface area contributed by atoms with E-state index in [-0.39, 0.29) is 0 Å². The maximum Gasteiger partial charge on any atom is 0.246 e. The van der Waals surface area contributed by atoms with E-state index in [1.165, 1.54) is 5.56 Å². The van der Waals surface area contributed by atoms with Crippen LogP contribution in [0.25, 0.3) is 0 Å². The topological polar surface area (TPSA) is 75.3 Å². The summed E-state index contributed by atoms with van der Waals surface area (Å²) in [7, 11) is 0. The van der Waals surface area contributed by atoms with Crippen LogP contribution in [0.2, 0.25) is 0 Å². The Morgan fingerprint density at radius 3 is 2.48 bits per heavy atom. The van der Waals surface area contributed by atoms with Gasteiger partial charge in [0.25, 0.3) is 0 Å². The summed E-state index contributed by atoms with van der Waals surface area (Å²) < 4.78 is 5.13. The molecule has 0 unspecified atom stereocenters. The normalized spacial score (nSPS) is 11.4. The molecule has 0 amide bonds. The van der Waals surface area contributed by atoms with E-state index in [4.69, 9.17) is 4.52 Å². The molecule has 2 aromatic carbocycles. The number of anilines is 1. The minimum Gasteiger partial charge on any atom is -0.347 e. The van der Waals surface area contributed by atoms with Gasteiger partial charge in [-0.25, -0.2) is 4.99 Å². The number of nitrogens with one attached hydrogen (secondary N) is 2. The smallest absolute Gasteiger partial charge is 0.246 e. The summed E-state index contributed by atoms with van der Waals surface area (Å²) in [6.45, 7) is 4.85. The Labute approximate surface area is 147 Å². The van der Waals surface area contributed by atoms with Crippen molar-refractivity contribution in [1.29, 1.82) is 0 Å². The maximum absolute atomic E-state index is 5.13. The number of rotatable bonds is 5. The molecule has 25 heavy (non-hydrogen) atoms. The van der Waals surface area contributed by atoms with Crippen LogP contribution in [0.4, 0.5) is 5.69 Å². The Morgan fingerprint density at radius 2 is 1.80 bits per heavy atom. The molecule has 0 radical (unpaired) electrons. The van der Waals surface area contributed by atoms with Crippen LogP contribution in [0.3, 0.4) is 0 Å². The Morgan fingerprint density at radius 1 is 1.04 bits per heavy atom. The summed E-state index contributed by atoms with van der Waals surface area (Å²) >= 11 is 0. The summed E-state index contributed by atoms with van der Waals surface area (Å²) in [4.78, 5) is 8.84. The van der Waals surface area contributed by atoms with Gasteiger partial charge in [-0.3, -0.25) is 0 Å². The fourth-order valence-corrected chi connectivity index (χ4v) is 2.23. The van der Waals surface area contributed by atoms with Crippen LogP contribution < -0.4 is 10.6 Å². The molecule has 2 N–H and O–H groups in total. The van der Waals surface area contributed by atoms with Gasteiger partial charge >= 0.3 is 0 Å². The molecular formula is C19H21N5O. The molecule has 0 bridgehead atoms. The van der Waals surface area contributed by atoms with Crippen molar-refractivity contribution >= 4 is 11.6 Å². The van der Waals surface area contributed by atoms with Crippen LogP contribution in [-0.2, 0) is 13.1 Å². The van der Waals surface area contributed by atoms with Gasteiger partial charge in [-0.1, -0.05) is 53.2 Å². The van der Waals surface area contributed by atoms with Crippen molar-refractivity contribution in [3.63, 3.8) is 0 Å². The van der Waals surface area contributed by atoms with Gasteiger partial charge in [0.1, 0.15) is 0 Å². The summed E-state index contributed by atoms with van der Waals surface area (Å²) in [5.41, 5.74) is 3.34. The zero-order valence-electron chi connectivity index (χ0n) is 14.4. The quantitative estimate of drug-likeness (QED) is 0.552. The number of nitrogens with zero attached hydrogens (tertiary/aromatic N) is 3. The third-order valence-electron chi connectivity index (χ3n) is 3.55.